The van der Waals surface area contributed by atoms with Crippen LogP contribution >= 0.6 is 0 Å². The van der Waals surface area contributed by atoms with Gasteiger partial charge in [-0.05, 0) is 55.4 Å². The van der Waals surface area contributed by atoms with Crippen molar-refractivity contribution in [1.82, 2.24) is 16.2 Å². The molecule has 0 aliphatic rings. The van der Waals surface area contributed by atoms with Crippen LogP contribution < -0.4 is 16.2 Å². The van der Waals surface area contributed by atoms with Gasteiger partial charge in [-0.2, -0.15) is 0 Å². The third-order valence-corrected chi connectivity index (χ3v) is 1.96. The van der Waals surface area contributed by atoms with Gasteiger partial charge in [-0.1, -0.05) is 0 Å². The highest BCUT2D eigenvalue weighted by Gasteiger charge is 2.25. The van der Waals surface area contributed by atoms with E-state index in [0.717, 1.165) is 0 Å². The summed E-state index contributed by atoms with van der Waals surface area (Å²) in [6.07, 6.45) is -1.08. The van der Waals surface area contributed by atoms with Crippen molar-refractivity contribution in [2.45, 2.75) is 72.1 Å². The number of carbonyl (C=O) groups excluding carboxylic acids is 2. The van der Waals surface area contributed by atoms with Gasteiger partial charge in [0, 0.05) is 6.54 Å². The van der Waals surface area contributed by atoms with E-state index in [2.05, 4.69) is 16.2 Å². The number of alkyl carbamates (subject to hydrolysis) is 1. The number of hydrazine groups is 1. The summed E-state index contributed by atoms with van der Waals surface area (Å²) in [6.45, 7) is 14.6. The molecule has 3 N–H and O–H groups in total. The Labute approximate surface area is 127 Å². The molecule has 0 rings (SSSR count). The summed E-state index contributed by atoms with van der Waals surface area (Å²) in [5.74, 6) is 0. The molecule has 2 amide bonds. The molecule has 0 saturated heterocycles. The van der Waals surface area contributed by atoms with Crippen LogP contribution in [0, 0.1) is 0 Å². The lowest BCUT2D eigenvalue weighted by Crippen LogP contribution is -2.55. The molecule has 0 aromatic heterocycles. The summed E-state index contributed by atoms with van der Waals surface area (Å²) in [4.78, 5) is 23.1. The van der Waals surface area contributed by atoms with Crippen molar-refractivity contribution in [2.24, 2.45) is 0 Å². The second-order valence-electron chi connectivity index (χ2n) is 7.49. The molecule has 0 aromatic rings. The van der Waals surface area contributed by atoms with Gasteiger partial charge in [-0.3, -0.25) is 5.43 Å². The summed E-state index contributed by atoms with van der Waals surface area (Å²) in [6, 6.07) is 0. The summed E-state index contributed by atoms with van der Waals surface area (Å²) in [5.41, 5.74) is 3.42. The smallest absolute Gasteiger partial charge is 0.422 e. The molecule has 0 unspecified atom stereocenters. The van der Waals surface area contributed by atoms with E-state index < -0.39 is 28.9 Å². The average molecular weight is 303 g/mol. The van der Waals surface area contributed by atoms with Gasteiger partial charge in [0.25, 0.3) is 0 Å². The number of ether oxygens (including phenoxy) is 2. The van der Waals surface area contributed by atoms with Crippen molar-refractivity contribution in [3.63, 3.8) is 0 Å². The number of hydrogen-bond donors (Lipinski definition) is 3. The van der Waals surface area contributed by atoms with E-state index >= 15 is 0 Å². The van der Waals surface area contributed by atoms with E-state index in [-0.39, 0.29) is 0 Å². The summed E-state index contributed by atoms with van der Waals surface area (Å²) in [7, 11) is 0. The van der Waals surface area contributed by atoms with Gasteiger partial charge in [0.15, 0.2) is 0 Å². The van der Waals surface area contributed by atoms with Crippen LogP contribution in [0.1, 0.15) is 55.4 Å². The molecule has 7 heteroatoms. The van der Waals surface area contributed by atoms with E-state index in [1.807, 2.05) is 0 Å². The fourth-order valence-corrected chi connectivity index (χ4v) is 1.27. The van der Waals surface area contributed by atoms with Crippen molar-refractivity contribution in [1.29, 1.82) is 0 Å². The maximum atomic E-state index is 11.7. The standard InChI is InChI=1S/C14H29N3O4/c1-12(2,3)20-10(18)16-14(7,8)9-15-17-11(19)21-13(4,5)6/h15H,9H2,1-8H3,(H,16,18)(H,17,19). The molecule has 0 radical (unpaired) electrons. The SMILES string of the molecule is CC(C)(CNNC(=O)OC(C)(C)C)NC(=O)OC(C)(C)C. The Morgan fingerprint density at radius 3 is 1.67 bits per heavy atom. The first-order chi connectivity index (χ1) is 9.20. The van der Waals surface area contributed by atoms with Crippen LogP contribution in [-0.4, -0.2) is 35.5 Å². The zero-order valence-corrected chi connectivity index (χ0v) is 14.3. The maximum Gasteiger partial charge on any atom is 0.422 e. The molecule has 0 heterocycles. The zero-order chi connectivity index (χ0) is 16.9. The Bertz CT molecular complexity index is 367. The summed E-state index contributed by atoms with van der Waals surface area (Å²) < 4.78 is 10.3. The lowest BCUT2D eigenvalue weighted by molar-refractivity contribution is 0.0458. The first kappa shape index (κ1) is 19.5. The topological polar surface area (TPSA) is 88.7 Å². The first-order valence-electron chi connectivity index (χ1n) is 6.93. The molecular formula is C14H29N3O4. The van der Waals surface area contributed by atoms with Crippen molar-refractivity contribution in [3.8, 4) is 0 Å². The van der Waals surface area contributed by atoms with Crippen LogP contribution in [0.3, 0.4) is 0 Å². The van der Waals surface area contributed by atoms with Gasteiger partial charge in [0.05, 0.1) is 5.54 Å². The van der Waals surface area contributed by atoms with Crippen molar-refractivity contribution in [3.05, 3.63) is 0 Å². The minimum atomic E-state index is -0.600. The predicted octanol–water partition coefficient (Wildman–Crippen LogP) is 2.32. The lowest BCUT2D eigenvalue weighted by Gasteiger charge is -2.29. The number of nitrogens with one attached hydrogen (secondary N) is 3. The third-order valence-electron chi connectivity index (χ3n) is 1.96. The lowest BCUT2D eigenvalue weighted by atomic mass is 10.1. The quantitative estimate of drug-likeness (QED) is 0.694. The van der Waals surface area contributed by atoms with Crippen LogP contribution in [0.25, 0.3) is 0 Å². The highest BCUT2D eigenvalue weighted by Crippen LogP contribution is 2.09. The minimum absolute atomic E-state index is 0.311. The van der Waals surface area contributed by atoms with Crippen LogP contribution in [-0.2, 0) is 9.47 Å². The number of carbonyl (C=O) groups is 2. The van der Waals surface area contributed by atoms with Gasteiger partial charge >= 0.3 is 12.2 Å². The summed E-state index contributed by atoms with van der Waals surface area (Å²) >= 11 is 0. The highest BCUT2D eigenvalue weighted by atomic mass is 16.6. The molecule has 7 nitrogen and oxygen atoms in total. The van der Waals surface area contributed by atoms with Crippen LogP contribution in [0.15, 0.2) is 0 Å². The molecule has 0 bridgehead atoms. The van der Waals surface area contributed by atoms with E-state index in [4.69, 9.17) is 9.47 Å². The molecule has 0 spiro atoms. The van der Waals surface area contributed by atoms with Gasteiger partial charge in [0.2, 0.25) is 0 Å². The Balaban J connectivity index is 4.14. The predicted molar refractivity (Wildman–Crippen MR) is 80.8 cm³/mol. The second-order valence-corrected chi connectivity index (χ2v) is 7.49. The fraction of sp³-hybridized carbons (Fsp3) is 0.857. The van der Waals surface area contributed by atoms with E-state index in [1.165, 1.54) is 0 Å². The minimum Gasteiger partial charge on any atom is -0.444 e. The molecular weight excluding hydrogens is 274 g/mol. The molecule has 0 fully saturated rings. The maximum absolute atomic E-state index is 11.7. The summed E-state index contributed by atoms with van der Waals surface area (Å²) in [5, 5.41) is 2.72. The molecule has 0 aliphatic carbocycles. The highest BCUT2D eigenvalue weighted by molar-refractivity contribution is 5.69. The van der Waals surface area contributed by atoms with Gasteiger partial charge in [-0.15, -0.1) is 0 Å². The van der Waals surface area contributed by atoms with Crippen LogP contribution in [0.5, 0.6) is 0 Å². The van der Waals surface area contributed by atoms with Crippen molar-refractivity contribution >= 4 is 12.2 Å². The zero-order valence-electron chi connectivity index (χ0n) is 14.3. The number of rotatable bonds is 4. The second kappa shape index (κ2) is 6.98. The van der Waals surface area contributed by atoms with Crippen LogP contribution in [0.2, 0.25) is 0 Å². The molecule has 0 atom stereocenters. The Kier molecular flexibility index (Phi) is 6.48. The first-order valence-corrected chi connectivity index (χ1v) is 6.93. The Morgan fingerprint density at radius 2 is 1.24 bits per heavy atom. The van der Waals surface area contributed by atoms with E-state index in [9.17, 15) is 9.59 Å². The van der Waals surface area contributed by atoms with E-state index in [0.29, 0.717) is 6.54 Å². The molecule has 124 valence electrons. The van der Waals surface area contributed by atoms with Crippen molar-refractivity contribution < 1.29 is 19.1 Å². The van der Waals surface area contributed by atoms with Crippen molar-refractivity contribution in [2.75, 3.05) is 6.54 Å². The normalized spacial score (nSPS) is 12.6. The monoisotopic (exact) mass is 303 g/mol. The average Bonchev–Trinajstić information content (AvgIpc) is 2.08. The van der Waals surface area contributed by atoms with Gasteiger partial charge < -0.3 is 14.8 Å². The Hall–Kier alpha value is -1.50. The van der Waals surface area contributed by atoms with E-state index in [1.54, 1.807) is 55.4 Å². The van der Waals surface area contributed by atoms with Gasteiger partial charge in [0.1, 0.15) is 11.2 Å². The van der Waals surface area contributed by atoms with Gasteiger partial charge in [-0.25, -0.2) is 15.0 Å². The Morgan fingerprint density at radius 1 is 0.810 bits per heavy atom. The molecule has 0 aromatic carbocycles. The molecule has 0 saturated carbocycles. The number of amides is 2. The number of hydrogen-bond acceptors (Lipinski definition) is 5. The molecule has 21 heavy (non-hydrogen) atoms. The van der Waals surface area contributed by atoms with Crippen LogP contribution in [0.4, 0.5) is 9.59 Å². The largest absolute Gasteiger partial charge is 0.444 e. The fourth-order valence-electron chi connectivity index (χ4n) is 1.27. The molecule has 0 aliphatic heterocycles. The third kappa shape index (κ3) is 12.0.